The number of fused-ring (bicyclic) bond motifs is 1. The maximum atomic E-state index is 5.14. The maximum absolute atomic E-state index is 5.14. The predicted molar refractivity (Wildman–Crippen MR) is 205 cm³/mol. The van der Waals surface area contributed by atoms with Crippen molar-refractivity contribution in [1.82, 2.24) is 14.5 Å². The number of pyridine rings is 1. The van der Waals surface area contributed by atoms with Gasteiger partial charge in [-0.05, 0) is 103 Å². The molecular weight excluding hydrogens is 595 g/mol. The lowest BCUT2D eigenvalue weighted by Crippen LogP contribution is -2.28. The third-order valence-electron chi connectivity index (χ3n) is 10.1. The summed E-state index contributed by atoms with van der Waals surface area (Å²) < 4.78 is 2.28. The molecule has 3 nitrogen and oxygen atoms in total. The summed E-state index contributed by atoms with van der Waals surface area (Å²) in [7, 11) is 0. The number of rotatable bonds is 7. The predicted octanol–water partition coefficient (Wildman–Crippen LogP) is 11.5. The zero-order valence-corrected chi connectivity index (χ0v) is 28.1. The standard InChI is InChI=1S/C46H39N3/c1-33-17-16-23-38(44(33)39-22-10-11-24-40(39)46(2,36-18-6-5-7-19-36)43-27-14-15-32-47-43)34-28-30-35(31-29-34)45-48-41-25-12-13-26-42(41)49(45)37-20-8-3-4-9-21-37/h3,5-15,18-32H,4,16-17H2,1-2H3. The summed E-state index contributed by atoms with van der Waals surface area (Å²) in [4.78, 5) is 10.1. The molecule has 49 heavy (non-hydrogen) atoms. The normalized spacial score (nSPS) is 15.9. The van der Waals surface area contributed by atoms with Gasteiger partial charge in [0.25, 0.3) is 0 Å². The number of aromatic nitrogens is 3. The SMILES string of the molecule is CC1=C(c2ccccc2C(C)(c2ccccc2)c2ccccn2)C(c2ccc(-c3nc4ccccc4n3C3=CC=CCC=C3)cc2)=CCC1. The second-order valence-corrected chi connectivity index (χ2v) is 13.1. The van der Waals surface area contributed by atoms with Gasteiger partial charge in [0.1, 0.15) is 5.82 Å². The summed E-state index contributed by atoms with van der Waals surface area (Å²) in [6.45, 7) is 4.63. The summed E-state index contributed by atoms with van der Waals surface area (Å²) >= 11 is 0. The zero-order chi connectivity index (χ0) is 33.2. The summed E-state index contributed by atoms with van der Waals surface area (Å²) in [5.74, 6) is 0.947. The molecule has 0 saturated heterocycles. The van der Waals surface area contributed by atoms with E-state index in [1.165, 1.54) is 39.0 Å². The van der Waals surface area contributed by atoms with E-state index in [1.807, 2.05) is 12.3 Å². The summed E-state index contributed by atoms with van der Waals surface area (Å²) in [5, 5.41) is 0. The Morgan fingerprint density at radius 3 is 2.33 bits per heavy atom. The van der Waals surface area contributed by atoms with Gasteiger partial charge in [-0.25, -0.2) is 4.98 Å². The van der Waals surface area contributed by atoms with Gasteiger partial charge in [0, 0.05) is 17.5 Å². The van der Waals surface area contributed by atoms with Crippen molar-refractivity contribution in [1.29, 1.82) is 0 Å². The molecule has 0 spiro atoms. The molecule has 0 radical (unpaired) electrons. The van der Waals surface area contributed by atoms with Crippen molar-refractivity contribution >= 4 is 27.9 Å². The van der Waals surface area contributed by atoms with Gasteiger partial charge in [0.2, 0.25) is 0 Å². The second kappa shape index (κ2) is 13.0. The molecule has 1 unspecified atom stereocenters. The average molecular weight is 634 g/mol. The highest BCUT2D eigenvalue weighted by atomic mass is 15.1. The Morgan fingerprint density at radius 2 is 1.49 bits per heavy atom. The molecule has 2 aliphatic rings. The van der Waals surface area contributed by atoms with Gasteiger partial charge in [-0.3, -0.25) is 9.55 Å². The van der Waals surface area contributed by atoms with Crippen molar-refractivity contribution in [2.45, 2.75) is 38.5 Å². The van der Waals surface area contributed by atoms with Gasteiger partial charge >= 0.3 is 0 Å². The second-order valence-electron chi connectivity index (χ2n) is 13.1. The quantitative estimate of drug-likeness (QED) is 0.175. The van der Waals surface area contributed by atoms with E-state index in [9.17, 15) is 0 Å². The van der Waals surface area contributed by atoms with E-state index in [2.05, 4.69) is 170 Å². The van der Waals surface area contributed by atoms with Crippen molar-refractivity contribution in [3.63, 3.8) is 0 Å². The first-order chi connectivity index (χ1) is 24.1. The van der Waals surface area contributed by atoms with Crippen LogP contribution in [0, 0.1) is 0 Å². The molecule has 0 saturated carbocycles. The summed E-state index contributed by atoms with van der Waals surface area (Å²) in [5.41, 5.74) is 13.9. The Bertz CT molecular complexity index is 2260. The lowest BCUT2D eigenvalue weighted by Gasteiger charge is -2.34. The van der Waals surface area contributed by atoms with Crippen LogP contribution in [0.15, 0.2) is 170 Å². The van der Waals surface area contributed by atoms with Crippen molar-refractivity contribution in [2.24, 2.45) is 0 Å². The van der Waals surface area contributed by atoms with Crippen LogP contribution in [0.2, 0.25) is 0 Å². The zero-order valence-electron chi connectivity index (χ0n) is 28.1. The van der Waals surface area contributed by atoms with E-state index >= 15 is 0 Å². The van der Waals surface area contributed by atoms with Gasteiger partial charge in [0.05, 0.1) is 22.1 Å². The minimum atomic E-state index is -0.450. The molecular formula is C46H39N3. The number of nitrogens with zero attached hydrogens (tertiary/aromatic N) is 3. The van der Waals surface area contributed by atoms with Gasteiger partial charge < -0.3 is 0 Å². The molecule has 6 aromatic rings. The number of allylic oxidation sites excluding steroid dienone is 10. The largest absolute Gasteiger partial charge is 0.292 e. The lowest BCUT2D eigenvalue weighted by atomic mass is 9.69. The Morgan fingerprint density at radius 1 is 0.735 bits per heavy atom. The molecule has 0 fully saturated rings. The molecule has 1 atom stereocenters. The third-order valence-corrected chi connectivity index (χ3v) is 10.1. The van der Waals surface area contributed by atoms with E-state index in [-0.39, 0.29) is 0 Å². The summed E-state index contributed by atoms with van der Waals surface area (Å²) in [6.07, 6.45) is 18.2. The van der Waals surface area contributed by atoms with E-state index < -0.39 is 5.41 Å². The maximum Gasteiger partial charge on any atom is 0.145 e. The lowest BCUT2D eigenvalue weighted by molar-refractivity contribution is 0.663. The number of hydrogen-bond acceptors (Lipinski definition) is 2. The van der Waals surface area contributed by atoms with Crippen LogP contribution in [0.1, 0.15) is 61.1 Å². The molecule has 0 N–H and O–H groups in total. The Labute approximate surface area is 289 Å². The molecule has 2 aliphatic carbocycles. The molecule has 0 aliphatic heterocycles. The van der Waals surface area contributed by atoms with Crippen molar-refractivity contribution in [3.05, 3.63) is 198 Å². The molecule has 0 amide bonds. The first-order valence-corrected chi connectivity index (χ1v) is 17.2. The van der Waals surface area contributed by atoms with Crippen molar-refractivity contribution < 1.29 is 0 Å². The molecule has 4 aromatic carbocycles. The van der Waals surface area contributed by atoms with E-state index in [0.29, 0.717) is 0 Å². The Hall–Kier alpha value is -5.80. The van der Waals surface area contributed by atoms with E-state index in [4.69, 9.17) is 9.97 Å². The fourth-order valence-electron chi connectivity index (χ4n) is 7.53. The van der Waals surface area contributed by atoms with Crippen LogP contribution in [0.5, 0.6) is 0 Å². The molecule has 8 rings (SSSR count). The fourth-order valence-corrected chi connectivity index (χ4v) is 7.53. The van der Waals surface area contributed by atoms with Gasteiger partial charge in [-0.1, -0.05) is 127 Å². The summed E-state index contributed by atoms with van der Waals surface area (Å²) in [6, 6.07) is 43.4. The Kier molecular flexibility index (Phi) is 8.11. The van der Waals surface area contributed by atoms with Gasteiger partial charge in [-0.2, -0.15) is 0 Å². The number of para-hydroxylation sites is 2. The molecule has 2 heterocycles. The number of hydrogen-bond donors (Lipinski definition) is 0. The minimum Gasteiger partial charge on any atom is -0.292 e. The fraction of sp³-hybridized carbons (Fsp3) is 0.130. The number of benzene rings is 4. The molecule has 0 bridgehead atoms. The molecule has 3 heteroatoms. The van der Waals surface area contributed by atoms with Gasteiger partial charge in [-0.15, -0.1) is 0 Å². The Balaban J connectivity index is 1.23. The van der Waals surface area contributed by atoms with Crippen LogP contribution in [0.3, 0.4) is 0 Å². The highest BCUT2D eigenvalue weighted by Gasteiger charge is 2.36. The van der Waals surface area contributed by atoms with Crippen LogP contribution in [-0.2, 0) is 5.41 Å². The van der Waals surface area contributed by atoms with Crippen LogP contribution >= 0.6 is 0 Å². The first-order valence-electron chi connectivity index (χ1n) is 17.2. The van der Waals surface area contributed by atoms with Crippen molar-refractivity contribution in [2.75, 3.05) is 0 Å². The number of imidazole rings is 1. The highest BCUT2D eigenvalue weighted by molar-refractivity contribution is 6.08. The third kappa shape index (κ3) is 5.52. The van der Waals surface area contributed by atoms with Crippen molar-refractivity contribution in [3.8, 4) is 11.4 Å². The average Bonchev–Trinajstić information content (AvgIpc) is 3.34. The first kappa shape index (κ1) is 30.5. The van der Waals surface area contributed by atoms with Crippen LogP contribution < -0.4 is 0 Å². The van der Waals surface area contributed by atoms with E-state index in [0.717, 1.165) is 53.1 Å². The van der Waals surface area contributed by atoms with Crippen LogP contribution in [0.4, 0.5) is 0 Å². The monoisotopic (exact) mass is 633 g/mol. The van der Waals surface area contributed by atoms with E-state index in [1.54, 1.807) is 0 Å². The topological polar surface area (TPSA) is 30.7 Å². The molecule has 2 aromatic heterocycles. The van der Waals surface area contributed by atoms with Gasteiger partial charge in [0.15, 0.2) is 0 Å². The molecule has 238 valence electrons. The highest BCUT2D eigenvalue weighted by Crippen LogP contribution is 2.46. The minimum absolute atomic E-state index is 0.450. The van der Waals surface area contributed by atoms with Crippen LogP contribution in [0.25, 0.3) is 39.3 Å². The smallest absolute Gasteiger partial charge is 0.145 e. The van der Waals surface area contributed by atoms with Crippen LogP contribution in [-0.4, -0.2) is 14.5 Å².